The molecular weight excluding hydrogens is 564 g/mol. The van der Waals surface area contributed by atoms with Crippen LogP contribution >= 0.6 is 0 Å². The second-order valence-corrected chi connectivity index (χ2v) is 11.1. The molecule has 0 aromatic rings. The number of carboxylic acid groups (broad SMARTS) is 1. The highest BCUT2D eigenvalue weighted by Crippen LogP contribution is 2.10. The third kappa shape index (κ3) is 15.3. The van der Waals surface area contributed by atoms with E-state index >= 15 is 0 Å². The van der Waals surface area contributed by atoms with Crippen LogP contribution in [0.25, 0.3) is 0 Å². The smallest absolute Gasteiger partial charge is 0.326 e. The summed E-state index contributed by atoms with van der Waals surface area (Å²) in [6.07, 6.45) is 1.57. The van der Waals surface area contributed by atoms with Crippen LogP contribution in [0.2, 0.25) is 0 Å². The molecule has 0 bridgehead atoms. The molecule has 0 saturated heterocycles. The van der Waals surface area contributed by atoms with E-state index in [0.717, 1.165) is 0 Å². The maximum atomic E-state index is 13.3. The average molecular weight is 615 g/mol. The highest BCUT2D eigenvalue weighted by atomic mass is 16.4. The number of primary amides is 1. The van der Waals surface area contributed by atoms with Gasteiger partial charge >= 0.3 is 5.97 Å². The molecule has 0 rings (SSSR count). The number of carboxylic acids is 1. The van der Waals surface area contributed by atoms with Gasteiger partial charge in [-0.05, 0) is 31.1 Å². The van der Waals surface area contributed by atoms with E-state index in [1.165, 1.54) is 6.92 Å². The molecule has 0 fully saturated rings. The molecule has 0 aliphatic heterocycles. The highest BCUT2D eigenvalue weighted by molar-refractivity contribution is 5.96. The van der Waals surface area contributed by atoms with E-state index in [2.05, 4.69) is 26.6 Å². The van der Waals surface area contributed by atoms with Crippen LogP contribution in [0.3, 0.4) is 0 Å². The number of rotatable bonds is 21. The quantitative estimate of drug-likeness (QED) is 0.0793. The second kappa shape index (κ2) is 20.2. The molecule has 6 amide bonds. The summed E-state index contributed by atoms with van der Waals surface area (Å²) in [5.41, 5.74) is 5.24. The molecule has 0 aliphatic carbocycles. The normalized spacial score (nSPS) is 15.2. The Labute approximate surface area is 252 Å². The first-order valence-corrected chi connectivity index (χ1v) is 14.7. The van der Waals surface area contributed by atoms with E-state index in [1.54, 1.807) is 20.8 Å². The molecule has 9 N–H and O–H groups in total. The summed E-state index contributed by atoms with van der Waals surface area (Å²) in [7, 11) is 0. The van der Waals surface area contributed by atoms with Crippen LogP contribution in [0.4, 0.5) is 0 Å². The van der Waals surface area contributed by atoms with Crippen LogP contribution in [0.5, 0.6) is 0 Å². The van der Waals surface area contributed by atoms with Crippen molar-refractivity contribution in [1.82, 2.24) is 26.6 Å². The van der Waals surface area contributed by atoms with E-state index in [-0.39, 0.29) is 37.5 Å². The number of aliphatic hydroxyl groups is 1. The Balaban J connectivity index is 5.89. The van der Waals surface area contributed by atoms with E-state index < -0.39 is 78.2 Å². The first kappa shape index (κ1) is 39.2. The Morgan fingerprint density at radius 3 is 1.70 bits per heavy atom. The third-order valence-corrected chi connectivity index (χ3v) is 6.78. The van der Waals surface area contributed by atoms with Crippen molar-refractivity contribution >= 4 is 41.4 Å². The number of hydrogen-bond donors (Lipinski definition) is 8. The Morgan fingerprint density at radius 1 is 0.721 bits per heavy atom. The fourth-order valence-electron chi connectivity index (χ4n) is 4.12. The fraction of sp³-hybridized carbons (Fsp3) is 0.750. The molecule has 6 atom stereocenters. The van der Waals surface area contributed by atoms with Gasteiger partial charge in [-0.25, -0.2) is 4.79 Å². The Bertz CT molecular complexity index is 974. The molecule has 43 heavy (non-hydrogen) atoms. The molecule has 0 radical (unpaired) electrons. The third-order valence-electron chi connectivity index (χ3n) is 6.78. The van der Waals surface area contributed by atoms with Gasteiger partial charge in [0.25, 0.3) is 0 Å². The number of nitrogens with one attached hydrogen (secondary N) is 5. The van der Waals surface area contributed by atoms with Crippen LogP contribution < -0.4 is 32.3 Å². The zero-order valence-electron chi connectivity index (χ0n) is 26.0. The number of carbonyl (C=O) groups excluding carboxylic acids is 6. The van der Waals surface area contributed by atoms with Crippen molar-refractivity contribution in [1.29, 1.82) is 0 Å². The van der Waals surface area contributed by atoms with Gasteiger partial charge in [-0.1, -0.05) is 53.9 Å². The minimum atomic E-state index is -1.51. The molecule has 15 nitrogen and oxygen atoms in total. The Morgan fingerprint density at radius 2 is 1.23 bits per heavy atom. The minimum Gasteiger partial charge on any atom is -0.480 e. The SMILES string of the molecule is CCCC[C@H](NC(=O)[C@H](CC(C)C)NC(=O)[C@H](CCC(N)=O)NC(=O)[C@H](CO)NC(=O)[C@@H](NC(C)=O)[C@@H](C)CC)C(=O)O. The lowest BCUT2D eigenvalue weighted by molar-refractivity contribution is -0.142. The van der Waals surface area contributed by atoms with E-state index in [4.69, 9.17) is 5.73 Å². The average Bonchev–Trinajstić information content (AvgIpc) is 2.92. The molecule has 0 heterocycles. The van der Waals surface area contributed by atoms with Crippen molar-refractivity contribution in [3.05, 3.63) is 0 Å². The summed E-state index contributed by atoms with van der Waals surface area (Å²) in [5, 5.41) is 31.6. The summed E-state index contributed by atoms with van der Waals surface area (Å²) in [4.78, 5) is 87.0. The molecule has 0 saturated carbocycles. The minimum absolute atomic E-state index is 0.0929. The van der Waals surface area contributed by atoms with E-state index in [9.17, 15) is 43.8 Å². The lowest BCUT2D eigenvalue weighted by Crippen LogP contribution is -2.60. The van der Waals surface area contributed by atoms with Crippen LogP contribution in [0.1, 0.15) is 86.5 Å². The predicted octanol–water partition coefficient (Wildman–Crippen LogP) is -0.945. The first-order chi connectivity index (χ1) is 20.1. The van der Waals surface area contributed by atoms with Crippen molar-refractivity contribution < 1.29 is 43.8 Å². The number of hydrogen-bond acceptors (Lipinski definition) is 8. The van der Waals surface area contributed by atoms with Crippen LogP contribution in [-0.2, 0) is 33.6 Å². The summed E-state index contributed by atoms with van der Waals surface area (Å²) in [6.45, 7) is 9.40. The van der Waals surface area contributed by atoms with Gasteiger partial charge in [-0.15, -0.1) is 0 Å². The summed E-state index contributed by atoms with van der Waals surface area (Å²) >= 11 is 0. The fourth-order valence-corrected chi connectivity index (χ4v) is 4.12. The van der Waals surface area contributed by atoms with E-state index in [0.29, 0.717) is 19.3 Å². The maximum Gasteiger partial charge on any atom is 0.326 e. The lowest BCUT2D eigenvalue weighted by Gasteiger charge is -2.27. The van der Waals surface area contributed by atoms with Gasteiger partial charge in [-0.2, -0.15) is 0 Å². The number of carbonyl (C=O) groups is 7. The summed E-state index contributed by atoms with van der Waals surface area (Å²) < 4.78 is 0. The lowest BCUT2D eigenvalue weighted by atomic mass is 9.98. The van der Waals surface area contributed by atoms with Crippen LogP contribution in [0, 0.1) is 11.8 Å². The largest absolute Gasteiger partial charge is 0.480 e. The van der Waals surface area contributed by atoms with Gasteiger partial charge in [-0.3, -0.25) is 28.8 Å². The van der Waals surface area contributed by atoms with Crippen molar-refractivity contribution in [2.24, 2.45) is 17.6 Å². The molecule has 246 valence electrons. The maximum absolute atomic E-state index is 13.3. The van der Waals surface area contributed by atoms with Crippen LogP contribution in [-0.4, -0.2) is 88.4 Å². The van der Waals surface area contributed by atoms with Gasteiger partial charge in [0.05, 0.1) is 6.61 Å². The molecule has 0 aromatic heterocycles. The number of unbranched alkanes of at least 4 members (excludes halogenated alkanes) is 1. The molecule has 0 unspecified atom stereocenters. The monoisotopic (exact) mass is 614 g/mol. The molecular formula is C28H50N6O9. The van der Waals surface area contributed by atoms with Gasteiger partial charge in [0, 0.05) is 13.3 Å². The van der Waals surface area contributed by atoms with Crippen molar-refractivity contribution in [3.63, 3.8) is 0 Å². The van der Waals surface area contributed by atoms with Crippen molar-refractivity contribution in [2.75, 3.05) is 6.61 Å². The molecule has 0 aromatic carbocycles. The molecule has 0 aliphatic rings. The second-order valence-electron chi connectivity index (χ2n) is 11.1. The Kier molecular flexibility index (Phi) is 18.4. The Hall–Kier alpha value is -3.75. The standard InChI is InChI=1S/C28H50N6O9/c1-7-9-10-19(28(42)43)32-25(39)20(13-15(3)4)33-24(38)18(11-12-22(29)37)31-26(40)21(14-35)34-27(41)23(16(5)8-2)30-17(6)36/h15-16,18-21,23,35H,7-14H2,1-6H3,(H2,29,37)(H,30,36)(H,31,40)(H,32,39)(H,33,38)(H,34,41)(H,42,43)/t16-,18-,19-,20-,21-,23-/m0/s1. The van der Waals surface area contributed by atoms with Gasteiger partial charge < -0.3 is 42.5 Å². The summed E-state index contributed by atoms with van der Waals surface area (Å²) in [6, 6.07) is -6.22. The first-order valence-electron chi connectivity index (χ1n) is 14.7. The zero-order chi connectivity index (χ0) is 33.3. The zero-order valence-corrected chi connectivity index (χ0v) is 26.0. The number of nitrogens with two attached hydrogens (primary N) is 1. The van der Waals surface area contributed by atoms with Gasteiger partial charge in [0.15, 0.2) is 0 Å². The van der Waals surface area contributed by atoms with Gasteiger partial charge in [0.1, 0.15) is 30.2 Å². The van der Waals surface area contributed by atoms with Crippen molar-refractivity contribution in [3.8, 4) is 0 Å². The van der Waals surface area contributed by atoms with Gasteiger partial charge in [0.2, 0.25) is 35.4 Å². The number of aliphatic carboxylic acids is 1. The topological polar surface area (TPSA) is 246 Å². The number of aliphatic hydroxyl groups excluding tert-OH is 1. The summed E-state index contributed by atoms with van der Waals surface area (Å²) in [5.74, 6) is -6.08. The highest BCUT2D eigenvalue weighted by Gasteiger charge is 2.33. The van der Waals surface area contributed by atoms with E-state index in [1.807, 2.05) is 13.8 Å². The molecule has 15 heteroatoms. The molecule has 0 spiro atoms. The van der Waals surface area contributed by atoms with Crippen molar-refractivity contribution in [2.45, 2.75) is 117 Å². The van der Waals surface area contributed by atoms with Crippen LogP contribution in [0.15, 0.2) is 0 Å². The number of amides is 6. The predicted molar refractivity (Wildman–Crippen MR) is 157 cm³/mol.